The van der Waals surface area contributed by atoms with E-state index in [1.807, 2.05) is 23.1 Å². The van der Waals surface area contributed by atoms with Crippen LogP contribution in [-0.4, -0.2) is 58.6 Å². The van der Waals surface area contributed by atoms with Gasteiger partial charge in [-0.1, -0.05) is 50.3 Å². The molecule has 8 heteroatoms. The minimum atomic E-state index is 0.216. The van der Waals surface area contributed by atoms with Crippen molar-refractivity contribution < 1.29 is 14.3 Å². The van der Waals surface area contributed by atoms with E-state index in [9.17, 15) is 4.79 Å². The first-order valence-electron chi connectivity index (χ1n) is 12.3. The van der Waals surface area contributed by atoms with Gasteiger partial charge in [0.25, 0.3) is 0 Å². The van der Waals surface area contributed by atoms with Gasteiger partial charge in [0.05, 0.1) is 20.0 Å². The predicted molar refractivity (Wildman–Crippen MR) is 131 cm³/mol. The van der Waals surface area contributed by atoms with Crippen LogP contribution in [0.25, 0.3) is 11.4 Å². The fourth-order valence-electron chi connectivity index (χ4n) is 4.93. The van der Waals surface area contributed by atoms with E-state index in [-0.39, 0.29) is 5.91 Å². The molecule has 0 spiro atoms. The maximum Gasteiger partial charge on any atom is 0.233 e. The van der Waals surface area contributed by atoms with E-state index in [0.717, 1.165) is 55.3 Å². The lowest BCUT2D eigenvalue weighted by Gasteiger charge is -2.26. The normalized spacial score (nSPS) is 17.9. The molecule has 2 fully saturated rings. The molecule has 1 amide bonds. The van der Waals surface area contributed by atoms with Crippen molar-refractivity contribution in [2.75, 3.05) is 33.1 Å². The number of carbonyl (C=O) groups excluding carboxylic acids is 1. The molecule has 0 radical (unpaired) electrons. The number of rotatable bonds is 7. The van der Waals surface area contributed by atoms with E-state index in [2.05, 4.69) is 14.8 Å². The molecule has 2 heterocycles. The molecule has 1 aromatic carbocycles. The second-order valence-electron chi connectivity index (χ2n) is 8.98. The zero-order chi connectivity index (χ0) is 23.0. The van der Waals surface area contributed by atoms with Crippen LogP contribution >= 0.6 is 11.8 Å². The van der Waals surface area contributed by atoms with Gasteiger partial charge in [0.2, 0.25) is 5.91 Å². The monoisotopic (exact) mass is 472 g/mol. The average Bonchev–Trinajstić information content (AvgIpc) is 3.26. The summed E-state index contributed by atoms with van der Waals surface area (Å²) in [6, 6.07) is 6.23. The summed E-state index contributed by atoms with van der Waals surface area (Å²) in [5.74, 6) is 2.83. The lowest BCUT2D eigenvalue weighted by Crippen LogP contribution is -2.35. The van der Waals surface area contributed by atoms with Gasteiger partial charge in [-0.15, -0.1) is 10.2 Å². The van der Waals surface area contributed by atoms with Gasteiger partial charge in [0.1, 0.15) is 0 Å². The zero-order valence-corrected chi connectivity index (χ0v) is 20.7. The van der Waals surface area contributed by atoms with Crippen molar-refractivity contribution >= 4 is 17.7 Å². The minimum absolute atomic E-state index is 0.216. The first-order valence-corrected chi connectivity index (χ1v) is 13.3. The third-order valence-electron chi connectivity index (χ3n) is 6.78. The molecule has 1 saturated carbocycles. The van der Waals surface area contributed by atoms with Crippen molar-refractivity contribution in [3.8, 4) is 22.9 Å². The quantitative estimate of drug-likeness (QED) is 0.506. The Morgan fingerprint density at radius 2 is 1.61 bits per heavy atom. The van der Waals surface area contributed by atoms with Gasteiger partial charge in [-0.3, -0.25) is 9.36 Å². The van der Waals surface area contributed by atoms with Crippen molar-refractivity contribution in [1.82, 2.24) is 19.7 Å². The number of carbonyl (C=O) groups is 1. The highest BCUT2D eigenvalue weighted by atomic mass is 32.2. The summed E-state index contributed by atoms with van der Waals surface area (Å²) in [5, 5.41) is 9.97. The Morgan fingerprint density at radius 1 is 0.939 bits per heavy atom. The molecular formula is C25H36N4O3S. The van der Waals surface area contributed by atoms with Gasteiger partial charge in [0, 0.05) is 24.7 Å². The highest BCUT2D eigenvalue weighted by Gasteiger charge is 2.25. The zero-order valence-electron chi connectivity index (χ0n) is 19.9. The third-order valence-corrected chi connectivity index (χ3v) is 7.71. The molecule has 7 nitrogen and oxygen atoms in total. The maximum absolute atomic E-state index is 13.0. The Kier molecular flexibility index (Phi) is 8.53. The Bertz CT molecular complexity index is 918. The fourth-order valence-corrected chi connectivity index (χ4v) is 5.84. The molecule has 1 aliphatic heterocycles. The number of nitrogens with zero attached hydrogens (tertiary/aromatic N) is 4. The van der Waals surface area contributed by atoms with Gasteiger partial charge >= 0.3 is 0 Å². The van der Waals surface area contributed by atoms with Gasteiger partial charge in [-0.05, 0) is 43.9 Å². The third kappa shape index (κ3) is 5.83. The molecular weight excluding hydrogens is 436 g/mol. The summed E-state index contributed by atoms with van der Waals surface area (Å²) >= 11 is 1.53. The number of methoxy groups -OCH3 is 2. The second kappa shape index (κ2) is 11.8. The second-order valence-corrected chi connectivity index (χ2v) is 9.92. The summed E-state index contributed by atoms with van der Waals surface area (Å²) in [4.78, 5) is 15.0. The summed E-state index contributed by atoms with van der Waals surface area (Å²) in [7, 11) is 3.28. The van der Waals surface area contributed by atoms with Crippen molar-refractivity contribution in [3.63, 3.8) is 0 Å². The molecule has 2 aliphatic rings. The van der Waals surface area contributed by atoms with Crippen LogP contribution in [0.5, 0.6) is 11.5 Å². The molecule has 1 aromatic heterocycles. The van der Waals surface area contributed by atoms with E-state index in [0.29, 0.717) is 23.3 Å². The van der Waals surface area contributed by atoms with Crippen LogP contribution in [0.3, 0.4) is 0 Å². The summed E-state index contributed by atoms with van der Waals surface area (Å²) in [6.07, 6.45) is 11.9. The van der Waals surface area contributed by atoms with E-state index in [4.69, 9.17) is 9.47 Å². The van der Waals surface area contributed by atoms with Crippen molar-refractivity contribution in [2.24, 2.45) is 0 Å². The molecule has 0 bridgehead atoms. The molecule has 4 rings (SSSR count). The number of aromatic nitrogens is 3. The van der Waals surface area contributed by atoms with Crippen molar-refractivity contribution in [1.29, 1.82) is 0 Å². The van der Waals surface area contributed by atoms with Crippen LogP contribution in [0.2, 0.25) is 0 Å². The van der Waals surface area contributed by atoms with E-state index in [1.54, 1.807) is 14.2 Å². The summed E-state index contributed by atoms with van der Waals surface area (Å²) < 4.78 is 13.2. The Hall–Kier alpha value is -2.22. The minimum Gasteiger partial charge on any atom is -0.493 e. The predicted octanol–water partition coefficient (Wildman–Crippen LogP) is 5.35. The van der Waals surface area contributed by atoms with Gasteiger partial charge in [-0.2, -0.15) is 0 Å². The lowest BCUT2D eigenvalue weighted by atomic mass is 9.95. The number of hydrogen-bond acceptors (Lipinski definition) is 6. The van der Waals surface area contributed by atoms with E-state index in [1.165, 1.54) is 50.3 Å². The number of hydrogen-bond donors (Lipinski definition) is 0. The number of benzene rings is 1. The Labute approximate surface area is 201 Å². The molecule has 1 saturated heterocycles. The summed E-state index contributed by atoms with van der Waals surface area (Å²) in [6.45, 7) is 1.76. The maximum atomic E-state index is 13.0. The highest BCUT2D eigenvalue weighted by Crippen LogP contribution is 2.38. The van der Waals surface area contributed by atoms with Crippen molar-refractivity contribution in [3.05, 3.63) is 18.2 Å². The van der Waals surface area contributed by atoms with Crippen LogP contribution in [-0.2, 0) is 4.79 Å². The van der Waals surface area contributed by atoms with Gasteiger partial charge in [0.15, 0.2) is 22.5 Å². The smallest absolute Gasteiger partial charge is 0.233 e. The van der Waals surface area contributed by atoms with Crippen molar-refractivity contribution in [2.45, 2.75) is 75.4 Å². The van der Waals surface area contributed by atoms with Crippen LogP contribution in [0.4, 0.5) is 0 Å². The van der Waals surface area contributed by atoms with Gasteiger partial charge in [-0.25, -0.2) is 0 Å². The average molecular weight is 473 g/mol. The number of amides is 1. The largest absolute Gasteiger partial charge is 0.493 e. The highest BCUT2D eigenvalue weighted by molar-refractivity contribution is 7.99. The van der Waals surface area contributed by atoms with Crippen LogP contribution in [0, 0.1) is 0 Å². The van der Waals surface area contributed by atoms with Crippen LogP contribution in [0.1, 0.15) is 70.3 Å². The molecule has 1 aliphatic carbocycles. The first kappa shape index (κ1) is 23.9. The molecule has 2 aromatic rings. The number of thioether (sulfide) groups is 1. The molecule has 0 atom stereocenters. The Balaban J connectivity index is 1.56. The van der Waals surface area contributed by atoms with E-state index >= 15 is 0 Å². The lowest BCUT2D eigenvalue weighted by molar-refractivity contribution is -0.128. The standard InChI is InChI=1S/C25H36N4O3S/c1-31-21-14-13-19(17-22(21)32-2)24-26-27-25(29(24)20-11-7-6-8-12-20)33-18-23(30)28-15-9-4-3-5-10-16-28/h13-14,17,20H,3-12,15-16,18H2,1-2H3. The fraction of sp³-hybridized carbons (Fsp3) is 0.640. The molecule has 33 heavy (non-hydrogen) atoms. The Morgan fingerprint density at radius 3 is 2.30 bits per heavy atom. The topological polar surface area (TPSA) is 69.5 Å². The van der Waals surface area contributed by atoms with Gasteiger partial charge < -0.3 is 14.4 Å². The summed E-state index contributed by atoms with van der Waals surface area (Å²) in [5.41, 5.74) is 0.952. The SMILES string of the molecule is COc1ccc(-c2nnc(SCC(=O)N3CCCCCCC3)n2C2CCCCC2)cc1OC. The molecule has 0 N–H and O–H groups in total. The first-order chi connectivity index (χ1) is 16.2. The van der Waals surface area contributed by atoms with Crippen LogP contribution in [0.15, 0.2) is 23.4 Å². The van der Waals surface area contributed by atoms with Crippen LogP contribution < -0.4 is 9.47 Å². The van der Waals surface area contributed by atoms with E-state index < -0.39 is 0 Å². The molecule has 180 valence electrons. The number of likely N-dealkylation sites (tertiary alicyclic amines) is 1. The number of ether oxygens (including phenoxy) is 2. The molecule has 0 unspecified atom stereocenters.